The summed E-state index contributed by atoms with van der Waals surface area (Å²) < 4.78 is 1.58. The zero-order valence-electron chi connectivity index (χ0n) is 9.81. The summed E-state index contributed by atoms with van der Waals surface area (Å²) in [6, 6.07) is 0.355. The number of amides is 1. The molecule has 16 heavy (non-hydrogen) atoms. The number of nitrogens with zero attached hydrogens (tertiary/aromatic N) is 3. The molecule has 1 atom stereocenters. The smallest absolute Gasteiger partial charge is 0.276 e. The highest BCUT2D eigenvalue weighted by Gasteiger charge is 2.30. The molecule has 1 aliphatic heterocycles. The van der Waals surface area contributed by atoms with Crippen molar-refractivity contribution < 1.29 is 4.79 Å². The van der Waals surface area contributed by atoms with Gasteiger partial charge >= 0.3 is 0 Å². The van der Waals surface area contributed by atoms with Crippen LogP contribution >= 0.6 is 0 Å². The van der Waals surface area contributed by atoms with Crippen LogP contribution in [-0.4, -0.2) is 33.2 Å². The van der Waals surface area contributed by atoms with Crippen molar-refractivity contribution in [3.8, 4) is 0 Å². The fourth-order valence-electron chi connectivity index (χ4n) is 2.34. The number of aryl methyl sites for hydroxylation is 1. The van der Waals surface area contributed by atoms with E-state index in [-0.39, 0.29) is 5.91 Å². The lowest BCUT2D eigenvalue weighted by atomic mass is 10.1. The van der Waals surface area contributed by atoms with Crippen LogP contribution in [0.25, 0.3) is 0 Å². The lowest BCUT2D eigenvalue weighted by molar-refractivity contribution is 0.0728. The minimum absolute atomic E-state index is 0.0255. The predicted molar refractivity (Wildman–Crippen MR) is 62.0 cm³/mol. The Morgan fingerprint density at radius 2 is 2.44 bits per heavy atom. The first-order chi connectivity index (χ1) is 7.63. The van der Waals surface area contributed by atoms with E-state index < -0.39 is 0 Å². The van der Waals surface area contributed by atoms with Crippen LogP contribution in [0.3, 0.4) is 0 Å². The van der Waals surface area contributed by atoms with Crippen LogP contribution in [0.1, 0.15) is 36.7 Å². The quantitative estimate of drug-likeness (QED) is 0.812. The Kier molecular flexibility index (Phi) is 2.85. The van der Waals surface area contributed by atoms with Gasteiger partial charge in [-0.1, -0.05) is 6.92 Å². The summed E-state index contributed by atoms with van der Waals surface area (Å²) >= 11 is 0. The van der Waals surface area contributed by atoms with E-state index in [4.69, 9.17) is 5.73 Å². The SMILES string of the molecule is CCC1CCCN1C(=O)c1nn(C)cc1N. The number of carbonyl (C=O) groups is 1. The van der Waals surface area contributed by atoms with Crippen molar-refractivity contribution in [2.45, 2.75) is 32.2 Å². The maximum absolute atomic E-state index is 12.2. The standard InChI is InChI=1S/C11H18N4O/c1-3-8-5-4-6-15(8)11(16)10-9(12)7-14(2)13-10/h7-8H,3-6,12H2,1-2H3. The number of nitrogens with two attached hydrogens (primary N) is 1. The van der Waals surface area contributed by atoms with Gasteiger partial charge in [-0.15, -0.1) is 0 Å². The number of rotatable bonds is 2. The number of hydrogen-bond acceptors (Lipinski definition) is 3. The van der Waals surface area contributed by atoms with Crippen LogP contribution in [0, 0.1) is 0 Å². The first kappa shape index (κ1) is 11.0. The molecular weight excluding hydrogens is 204 g/mol. The second kappa shape index (κ2) is 4.15. The highest BCUT2D eigenvalue weighted by atomic mass is 16.2. The van der Waals surface area contributed by atoms with Crippen molar-refractivity contribution in [2.75, 3.05) is 12.3 Å². The van der Waals surface area contributed by atoms with Gasteiger partial charge in [-0.25, -0.2) is 0 Å². The molecule has 0 saturated carbocycles. The molecule has 2 heterocycles. The predicted octanol–water partition coefficient (Wildman–Crippen LogP) is 1.02. The summed E-state index contributed by atoms with van der Waals surface area (Å²) in [4.78, 5) is 14.1. The second-order valence-electron chi connectivity index (χ2n) is 4.31. The lowest BCUT2D eigenvalue weighted by Crippen LogP contribution is -2.35. The normalized spacial score (nSPS) is 20.4. The number of hydrogen-bond donors (Lipinski definition) is 1. The van der Waals surface area contributed by atoms with Crippen molar-refractivity contribution in [3.63, 3.8) is 0 Å². The van der Waals surface area contributed by atoms with Gasteiger partial charge in [0, 0.05) is 25.8 Å². The Labute approximate surface area is 95.2 Å². The molecule has 0 aliphatic carbocycles. The monoisotopic (exact) mass is 222 g/mol. The Hall–Kier alpha value is -1.52. The Balaban J connectivity index is 2.21. The number of nitrogen functional groups attached to an aromatic ring is 1. The van der Waals surface area contributed by atoms with Crippen molar-refractivity contribution in [3.05, 3.63) is 11.9 Å². The summed E-state index contributed by atoms with van der Waals surface area (Å²) in [5.41, 5.74) is 6.62. The molecule has 1 saturated heterocycles. The van der Waals surface area contributed by atoms with Gasteiger partial charge in [0.25, 0.3) is 5.91 Å². The van der Waals surface area contributed by atoms with Crippen molar-refractivity contribution in [2.24, 2.45) is 7.05 Å². The number of likely N-dealkylation sites (tertiary alicyclic amines) is 1. The van der Waals surface area contributed by atoms with E-state index in [0.29, 0.717) is 17.4 Å². The highest BCUT2D eigenvalue weighted by molar-refractivity contribution is 5.97. The van der Waals surface area contributed by atoms with E-state index in [9.17, 15) is 4.79 Å². The van der Waals surface area contributed by atoms with Gasteiger partial charge in [-0.3, -0.25) is 9.48 Å². The van der Waals surface area contributed by atoms with E-state index in [1.54, 1.807) is 17.9 Å². The molecule has 1 fully saturated rings. The Morgan fingerprint density at radius 3 is 3.00 bits per heavy atom. The van der Waals surface area contributed by atoms with Gasteiger partial charge in [-0.2, -0.15) is 5.10 Å². The number of aromatic nitrogens is 2. The number of anilines is 1. The fraction of sp³-hybridized carbons (Fsp3) is 0.636. The van der Waals surface area contributed by atoms with Gasteiger partial charge < -0.3 is 10.6 Å². The van der Waals surface area contributed by atoms with Crippen LogP contribution in [0.5, 0.6) is 0 Å². The molecule has 2 N–H and O–H groups in total. The maximum Gasteiger partial charge on any atom is 0.276 e. The van der Waals surface area contributed by atoms with Gasteiger partial charge in [0.05, 0.1) is 5.69 Å². The molecule has 0 spiro atoms. The van der Waals surface area contributed by atoms with Crippen molar-refractivity contribution in [1.82, 2.24) is 14.7 Å². The summed E-state index contributed by atoms with van der Waals surface area (Å²) in [5.74, 6) is -0.0255. The maximum atomic E-state index is 12.2. The van der Waals surface area contributed by atoms with Crippen LogP contribution in [0.2, 0.25) is 0 Å². The Bertz CT molecular complexity index is 399. The zero-order chi connectivity index (χ0) is 11.7. The highest BCUT2D eigenvalue weighted by Crippen LogP contribution is 2.23. The topological polar surface area (TPSA) is 64.2 Å². The van der Waals surface area contributed by atoms with Crippen LogP contribution in [0.4, 0.5) is 5.69 Å². The molecule has 5 nitrogen and oxygen atoms in total. The van der Waals surface area contributed by atoms with Gasteiger partial charge in [0.1, 0.15) is 0 Å². The Morgan fingerprint density at radius 1 is 1.69 bits per heavy atom. The molecule has 0 radical (unpaired) electrons. The van der Waals surface area contributed by atoms with Crippen LogP contribution < -0.4 is 5.73 Å². The second-order valence-corrected chi connectivity index (χ2v) is 4.31. The third kappa shape index (κ3) is 1.77. The summed E-state index contributed by atoms with van der Waals surface area (Å²) in [5, 5.41) is 4.12. The summed E-state index contributed by atoms with van der Waals surface area (Å²) in [6.45, 7) is 2.94. The molecule has 1 aromatic rings. The van der Waals surface area contributed by atoms with E-state index in [2.05, 4.69) is 12.0 Å². The van der Waals surface area contributed by atoms with Gasteiger partial charge in [-0.05, 0) is 19.3 Å². The molecule has 0 bridgehead atoms. The van der Waals surface area contributed by atoms with Crippen LogP contribution in [0.15, 0.2) is 6.20 Å². The molecule has 1 unspecified atom stereocenters. The fourth-order valence-corrected chi connectivity index (χ4v) is 2.34. The lowest BCUT2D eigenvalue weighted by Gasteiger charge is -2.22. The molecule has 1 amide bonds. The molecule has 5 heteroatoms. The summed E-state index contributed by atoms with van der Waals surface area (Å²) in [7, 11) is 1.77. The minimum Gasteiger partial charge on any atom is -0.396 e. The van der Waals surface area contributed by atoms with Gasteiger partial charge in [0.2, 0.25) is 0 Å². The zero-order valence-corrected chi connectivity index (χ0v) is 9.81. The van der Waals surface area contributed by atoms with Gasteiger partial charge in [0.15, 0.2) is 5.69 Å². The third-order valence-corrected chi connectivity index (χ3v) is 3.17. The molecule has 2 rings (SSSR count). The van der Waals surface area contributed by atoms with E-state index >= 15 is 0 Å². The molecule has 88 valence electrons. The average Bonchev–Trinajstić information content (AvgIpc) is 2.83. The molecular formula is C11H18N4O. The van der Waals surface area contributed by atoms with Crippen molar-refractivity contribution in [1.29, 1.82) is 0 Å². The number of carbonyl (C=O) groups excluding carboxylic acids is 1. The van der Waals surface area contributed by atoms with Crippen LogP contribution in [-0.2, 0) is 7.05 Å². The van der Waals surface area contributed by atoms with E-state index in [1.807, 2.05) is 4.90 Å². The van der Waals surface area contributed by atoms with E-state index in [1.165, 1.54) is 0 Å². The largest absolute Gasteiger partial charge is 0.396 e. The molecule has 0 aromatic carbocycles. The minimum atomic E-state index is -0.0255. The molecule has 1 aliphatic rings. The first-order valence-corrected chi connectivity index (χ1v) is 5.73. The van der Waals surface area contributed by atoms with Crippen molar-refractivity contribution >= 4 is 11.6 Å². The first-order valence-electron chi connectivity index (χ1n) is 5.73. The summed E-state index contributed by atoms with van der Waals surface area (Å²) in [6.07, 6.45) is 4.84. The molecule has 1 aromatic heterocycles. The average molecular weight is 222 g/mol. The third-order valence-electron chi connectivity index (χ3n) is 3.17. The van der Waals surface area contributed by atoms with E-state index in [0.717, 1.165) is 25.8 Å².